The van der Waals surface area contributed by atoms with E-state index in [9.17, 15) is 4.79 Å². The van der Waals surface area contributed by atoms with E-state index in [1.807, 2.05) is 29.2 Å². The fourth-order valence-corrected chi connectivity index (χ4v) is 3.15. The maximum Gasteiger partial charge on any atom is 0.253 e. The monoisotopic (exact) mass is 372 g/mol. The number of hydrogen-bond donors (Lipinski definition) is 0. The summed E-state index contributed by atoms with van der Waals surface area (Å²) in [5, 5.41) is 0. The number of amides is 1. The minimum Gasteiger partial charge on any atom is -0.368 e. The first kappa shape index (κ1) is 16.1. The van der Waals surface area contributed by atoms with Gasteiger partial charge in [-0.05, 0) is 48.4 Å². The zero-order valence-electron chi connectivity index (χ0n) is 13.3. The molecule has 1 fully saturated rings. The molecule has 0 unspecified atom stereocenters. The molecule has 0 aliphatic carbocycles. The quantitative estimate of drug-likeness (QED) is 0.813. The first-order chi connectivity index (χ1) is 11.2. The van der Waals surface area contributed by atoms with Gasteiger partial charge < -0.3 is 9.80 Å². The molecule has 1 amide bonds. The molecule has 120 valence electrons. The third kappa shape index (κ3) is 3.75. The molecular weight excluding hydrogens is 352 g/mol. The Balaban J connectivity index is 1.61. The van der Waals surface area contributed by atoms with Crippen molar-refractivity contribution in [3.8, 4) is 0 Å². The molecular formula is C19H21BrN2O. The second-order valence-corrected chi connectivity index (χ2v) is 6.72. The average Bonchev–Trinajstić information content (AvgIpc) is 2.62. The number of benzene rings is 2. The Labute approximate surface area is 146 Å². The van der Waals surface area contributed by atoms with Crippen LogP contribution in [0.5, 0.6) is 0 Å². The van der Waals surface area contributed by atoms with Crippen molar-refractivity contribution in [2.24, 2.45) is 0 Å². The maximum absolute atomic E-state index is 12.5. The van der Waals surface area contributed by atoms with Gasteiger partial charge in [0.2, 0.25) is 0 Å². The second-order valence-electron chi connectivity index (χ2n) is 5.81. The molecule has 23 heavy (non-hydrogen) atoms. The molecule has 1 aliphatic heterocycles. The predicted molar refractivity (Wildman–Crippen MR) is 98.1 cm³/mol. The Kier molecular flexibility index (Phi) is 5.01. The Morgan fingerprint density at radius 2 is 1.57 bits per heavy atom. The van der Waals surface area contributed by atoms with Crippen LogP contribution in [-0.4, -0.2) is 37.0 Å². The third-order valence-electron chi connectivity index (χ3n) is 4.37. The van der Waals surface area contributed by atoms with Crippen LogP contribution < -0.4 is 4.90 Å². The molecule has 1 saturated heterocycles. The van der Waals surface area contributed by atoms with Gasteiger partial charge in [-0.3, -0.25) is 4.79 Å². The highest BCUT2D eigenvalue weighted by Gasteiger charge is 2.22. The number of carbonyl (C=O) groups is 1. The van der Waals surface area contributed by atoms with Crippen LogP contribution in [0.3, 0.4) is 0 Å². The van der Waals surface area contributed by atoms with Crippen molar-refractivity contribution in [3.05, 3.63) is 64.1 Å². The van der Waals surface area contributed by atoms with Crippen LogP contribution >= 0.6 is 15.9 Å². The van der Waals surface area contributed by atoms with Gasteiger partial charge in [0.25, 0.3) is 5.91 Å². The van der Waals surface area contributed by atoms with E-state index in [0.29, 0.717) is 0 Å². The summed E-state index contributed by atoms with van der Waals surface area (Å²) in [7, 11) is 0. The normalized spacial score (nSPS) is 14.9. The van der Waals surface area contributed by atoms with Gasteiger partial charge in [0.15, 0.2) is 0 Å². The van der Waals surface area contributed by atoms with Gasteiger partial charge in [-0.1, -0.05) is 35.0 Å². The number of hydrogen-bond acceptors (Lipinski definition) is 2. The smallest absolute Gasteiger partial charge is 0.253 e. The maximum atomic E-state index is 12.5. The van der Waals surface area contributed by atoms with Gasteiger partial charge in [0, 0.05) is 41.9 Å². The van der Waals surface area contributed by atoms with E-state index in [0.717, 1.165) is 42.6 Å². The molecule has 0 bridgehead atoms. The first-order valence-corrected chi connectivity index (χ1v) is 8.85. The largest absolute Gasteiger partial charge is 0.368 e. The average molecular weight is 373 g/mol. The summed E-state index contributed by atoms with van der Waals surface area (Å²) >= 11 is 3.40. The zero-order chi connectivity index (χ0) is 16.2. The topological polar surface area (TPSA) is 23.6 Å². The Hall–Kier alpha value is -1.81. The molecule has 3 nitrogen and oxygen atoms in total. The second kappa shape index (κ2) is 7.18. The number of anilines is 1. The summed E-state index contributed by atoms with van der Waals surface area (Å²) in [6, 6.07) is 16.3. The van der Waals surface area contributed by atoms with Crippen LogP contribution in [0.15, 0.2) is 53.0 Å². The lowest BCUT2D eigenvalue weighted by Crippen LogP contribution is -2.48. The van der Waals surface area contributed by atoms with Crippen molar-refractivity contribution >= 4 is 27.5 Å². The van der Waals surface area contributed by atoms with Crippen LogP contribution in [0.4, 0.5) is 5.69 Å². The van der Waals surface area contributed by atoms with E-state index in [1.165, 1.54) is 11.3 Å². The highest BCUT2D eigenvalue weighted by atomic mass is 79.9. The van der Waals surface area contributed by atoms with Crippen LogP contribution in [0.2, 0.25) is 0 Å². The standard InChI is InChI=1S/C19H21BrN2O/c1-2-15-3-9-18(10-4-15)21-11-13-22(14-12-21)19(23)16-5-7-17(20)8-6-16/h3-10H,2,11-14H2,1H3. The van der Waals surface area contributed by atoms with Crippen molar-refractivity contribution in [2.75, 3.05) is 31.1 Å². The molecule has 4 heteroatoms. The molecule has 2 aromatic carbocycles. The lowest BCUT2D eigenvalue weighted by molar-refractivity contribution is 0.0747. The summed E-state index contributed by atoms with van der Waals surface area (Å²) in [4.78, 5) is 16.8. The molecule has 0 aromatic heterocycles. The van der Waals surface area contributed by atoms with E-state index in [2.05, 4.69) is 52.0 Å². The van der Waals surface area contributed by atoms with Gasteiger partial charge >= 0.3 is 0 Å². The van der Waals surface area contributed by atoms with Crippen molar-refractivity contribution in [1.82, 2.24) is 4.90 Å². The lowest BCUT2D eigenvalue weighted by atomic mass is 10.1. The van der Waals surface area contributed by atoms with E-state index >= 15 is 0 Å². The molecule has 1 heterocycles. The minimum absolute atomic E-state index is 0.124. The van der Waals surface area contributed by atoms with E-state index in [4.69, 9.17) is 0 Å². The molecule has 0 saturated carbocycles. The molecule has 3 rings (SSSR count). The molecule has 2 aromatic rings. The number of rotatable bonds is 3. The van der Waals surface area contributed by atoms with Crippen LogP contribution in [0.25, 0.3) is 0 Å². The van der Waals surface area contributed by atoms with E-state index in [-0.39, 0.29) is 5.91 Å². The molecule has 1 aliphatic rings. The van der Waals surface area contributed by atoms with Crippen LogP contribution in [-0.2, 0) is 6.42 Å². The van der Waals surface area contributed by atoms with Crippen molar-refractivity contribution in [3.63, 3.8) is 0 Å². The zero-order valence-corrected chi connectivity index (χ0v) is 14.9. The van der Waals surface area contributed by atoms with Gasteiger partial charge in [0.1, 0.15) is 0 Å². The first-order valence-electron chi connectivity index (χ1n) is 8.06. The molecule has 0 radical (unpaired) electrons. The fourth-order valence-electron chi connectivity index (χ4n) is 2.89. The number of aryl methyl sites for hydroxylation is 1. The predicted octanol–water partition coefficient (Wildman–Crippen LogP) is 3.97. The fraction of sp³-hybridized carbons (Fsp3) is 0.316. The molecule has 0 spiro atoms. The van der Waals surface area contributed by atoms with Crippen LogP contribution in [0, 0.1) is 0 Å². The lowest BCUT2D eigenvalue weighted by Gasteiger charge is -2.36. The number of piperazine rings is 1. The Morgan fingerprint density at radius 1 is 0.957 bits per heavy atom. The number of halogens is 1. The Morgan fingerprint density at radius 3 is 2.13 bits per heavy atom. The Bertz CT molecular complexity index is 659. The summed E-state index contributed by atoms with van der Waals surface area (Å²) in [6.45, 7) is 5.47. The van der Waals surface area contributed by atoms with Gasteiger partial charge in [-0.25, -0.2) is 0 Å². The summed E-state index contributed by atoms with van der Waals surface area (Å²) < 4.78 is 0.995. The van der Waals surface area contributed by atoms with E-state index < -0.39 is 0 Å². The third-order valence-corrected chi connectivity index (χ3v) is 4.90. The van der Waals surface area contributed by atoms with Crippen LogP contribution in [0.1, 0.15) is 22.8 Å². The van der Waals surface area contributed by atoms with E-state index in [1.54, 1.807) is 0 Å². The van der Waals surface area contributed by atoms with Crippen molar-refractivity contribution < 1.29 is 4.79 Å². The highest BCUT2D eigenvalue weighted by Crippen LogP contribution is 2.19. The number of nitrogens with zero attached hydrogens (tertiary/aromatic N) is 2. The minimum atomic E-state index is 0.124. The summed E-state index contributed by atoms with van der Waals surface area (Å²) in [6.07, 6.45) is 1.07. The molecule has 0 N–H and O–H groups in total. The highest BCUT2D eigenvalue weighted by molar-refractivity contribution is 9.10. The van der Waals surface area contributed by atoms with Crippen molar-refractivity contribution in [2.45, 2.75) is 13.3 Å². The van der Waals surface area contributed by atoms with Gasteiger partial charge in [-0.2, -0.15) is 0 Å². The number of carbonyl (C=O) groups excluding carboxylic acids is 1. The van der Waals surface area contributed by atoms with Gasteiger partial charge in [0.05, 0.1) is 0 Å². The summed E-state index contributed by atoms with van der Waals surface area (Å²) in [5.41, 5.74) is 3.37. The molecule has 0 atom stereocenters. The SMILES string of the molecule is CCc1ccc(N2CCN(C(=O)c3ccc(Br)cc3)CC2)cc1. The van der Waals surface area contributed by atoms with Gasteiger partial charge in [-0.15, -0.1) is 0 Å². The summed E-state index contributed by atoms with van der Waals surface area (Å²) in [5.74, 6) is 0.124. The van der Waals surface area contributed by atoms with Crippen molar-refractivity contribution in [1.29, 1.82) is 0 Å².